The van der Waals surface area contributed by atoms with Crippen LogP contribution in [0, 0.1) is 11.3 Å². The van der Waals surface area contributed by atoms with Gasteiger partial charge >= 0.3 is 0 Å². The van der Waals surface area contributed by atoms with E-state index >= 15 is 0 Å². The first-order chi connectivity index (χ1) is 6.63. The van der Waals surface area contributed by atoms with Gasteiger partial charge in [0.2, 0.25) is 11.8 Å². The second-order valence-electron chi connectivity index (χ2n) is 3.36. The molecule has 1 saturated heterocycles. The SMILES string of the molecule is CC(=O)NC1CCN(C(=O)CC#N)C1. The molecule has 1 aliphatic heterocycles. The summed E-state index contributed by atoms with van der Waals surface area (Å²) < 4.78 is 0. The van der Waals surface area contributed by atoms with Gasteiger partial charge in [-0.2, -0.15) is 5.26 Å². The van der Waals surface area contributed by atoms with Crippen molar-refractivity contribution in [3.05, 3.63) is 0 Å². The molecular weight excluding hydrogens is 182 g/mol. The first-order valence-corrected chi connectivity index (χ1v) is 4.55. The molecule has 0 radical (unpaired) electrons. The minimum Gasteiger partial charge on any atom is -0.352 e. The third kappa shape index (κ3) is 2.73. The number of nitrogens with one attached hydrogen (secondary N) is 1. The number of nitrogens with zero attached hydrogens (tertiary/aromatic N) is 2. The molecule has 1 N–H and O–H groups in total. The van der Waals surface area contributed by atoms with Crippen molar-refractivity contribution in [1.82, 2.24) is 10.2 Å². The van der Waals surface area contributed by atoms with E-state index in [9.17, 15) is 9.59 Å². The molecule has 0 aromatic carbocycles. The number of likely N-dealkylation sites (tertiary alicyclic amines) is 1. The zero-order valence-corrected chi connectivity index (χ0v) is 8.12. The number of carbonyl (C=O) groups is 2. The lowest BCUT2D eigenvalue weighted by atomic mass is 10.2. The van der Waals surface area contributed by atoms with Gasteiger partial charge in [-0.3, -0.25) is 9.59 Å². The number of carbonyl (C=O) groups excluding carboxylic acids is 2. The monoisotopic (exact) mass is 195 g/mol. The third-order valence-electron chi connectivity index (χ3n) is 2.18. The largest absolute Gasteiger partial charge is 0.352 e. The van der Waals surface area contributed by atoms with Gasteiger partial charge in [0.15, 0.2) is 0 Å². The molecule has 5 heteroatoms. The molecule has 1 aliphatic rings. The van der Waals surface area contributed by atoms with Crippen LogP contribution in [0.5, 0.6) is 0 Å². The highest BCUT2D eigenvalue weighted by Crippen LogP contribution is 2.10. The van der Waals surface area contributed by atoms with Gasteiger partial charge in [0.1, 0.15) is 6.42 Å². The van der Waals surface area contributed by atoms with Gasteiger partial charge < -0.3 is 10.2 Å². The van der Waals surface area contributed by atoms with E-state index in [0.29, 0.717) is 13.1 Å². The van der Waals surface area contributed by atoms with Gasteiger partial charge in [0, 0.05) is 26.1 Å². The van der Waals surface area contributed by atoms with Crippen LogP contribution in [0.15, 0.2) is 0 Å². The van der Waals surface area contributed by atoms with E-state index in [1.807, 2.05) is 6.07 Å². The van der Waals surface area contributed by atoms with Crippen LogP contribution in [0.2, 0.25) is 0 Å². The summed E-state index contributed by atoms with van der Waals surface area (Å²) in [6.07, 6.45) is 0.698. The lowest BCUT2D eigenvalue weighted by molar-refractivity contribution is -0.129. The van der Waals surface area contributed by atoms with Gasteiger partial charge in [0.25, 0.3) is 0 Å². The van der Waals surface area contributed by atoms with E-state index in [2.05, 4.69) is 5.32 Å². The van der Waals surface area contributed by atoms with Crippen molar-refractivity contribution in [3.8, 4) is 6.07 Å². The lowest BCUT2D eigenvalue weighted by Gasteiger charge is -2.14. The molecule has 0 aromatic heterocycles. The van der Waals surface area contributed by atoms with Crippen molar-refractivity contribution in [3.63, 3.8) is 0 Å². The summed E-state index contributed by atoms with van der Waals surface area (Å²) in [6.45, 7) is 2.62. The molecule has 1 heterocycles. The average molecular weight is 195 g/mol. The molecule has 1 unspecified atom stereocenters. The maximum absolute atomic E-state index is 11.3. The molecule has 1 rings (SSSR count). The van der Waals surface area contributed by atoms with Gasteiger partial charge in [0.05, 0.1) is 6.07 Å². The Hall–Kier alpha value is -1.57. The highest BCUT2D eigenvalue weighted by molar-refractivity contribution is 5.79. The Bertz CT molecular complexity index is 282. The highest BCUT2D eigenvalue weighted by atomic mass is 16.2. The number of rotatable bonds is 2. The summed E-state index contributed by atoms with van der Waals surface area (Å²) in [6, 6.07) is 1.87. The van der Waals surface area contributed by atoms with Crippen molar-refractivity contribution in [2.45, 2.75) is 25.8 Å². The Balaban J connectivity index is 2.38. The smallest absolute Gasteiger partial charge is 0.236 e. The summed E-state index contributed by atoms with van der Waals surface area (Å²) in [7, 11) is 0. The van der Waals surface area contributed by atoms with Crippen molar-refractivity contribution in [1.29, 1.82) is 5.26 Å². The first-order valence-electron chi connectivity index (χ1n) is 4.55. The second-order valence-corrected chi connectivity index (χ2v) is 3.36. The zero-order chi connectivity index (χ0) is 10.6. The highest BCUT2D eigenvalue weighted by Gasteiger charge is 2.25. The zero-order valence-electron chi connectivity index (χ0n) is 8.12. The fourth-order valence-corrected chi connectivity index (χ4v) is 1.57. The van der Waals surface area contributed by atoms with Crippen molar-refractivity contribution < 1.29 is 9.59 Å². The van der Waals surface area contributed by atoms with Crippen LogP contribution >= 0.6 is 0 Å². The number of amides is 2. The summed E-state index contributed by atoms with van der Waals surface area (Å²) in [5.41, 5.74) is 0. The summed E-state index contributed by atoms with van der Waals surface area (Å²) in [4.78, 5) is 23.6. The minimum atomic E-state index is -0.152. The van der Waals surface area contributed by atoms with Gasteiger partial charge in [-0.15, -0.1) is 0 Å². The maximum atomic E-state index is 11.3. The minimum absolute atomic E-state index is 0.0511. The van der Waals surface area contributed by atoms with Crippen LogP contribution in [-0.4, -0.2) is 35.8 Å². The van der Waals surface area contributed by atoms with E-state index in [1.165, 1.54) is 6.92 Å². The molecule has 0 saturated carbocycles. The normalized spacial score (nSPS) is 20.3. The number of hydrogen-bond acceptors (Lipinski definition) is 3. The summed E-state index contributed by atoms with van der Waals surface area (Å²) in [5, 5.41) is 11.1. The Kier molecular flexibility index (Phi) is 3.46. The van der Waals surface area contributed by atoms with Crippen molar-refractivity contribution in [2.75, 3.05) is 13.1 Å². The quantitative estimate of drug-likeness (QED) is 0.653. The van der Waals surface area contributed by atoms with Gasteiger partial charge in [-0.1, -0.05) is 0 Å². The molecule has 1 fully saturated rings. The Morgan fingerprint density at radius 1 is 1.64 bits per heavy atom. The fraction of sp³-hybridized carbons (Fsp3) is 0.667. The summed E-state index contributed by atoms with van der Waals surface area (Å²) in [5.74, 6) is -0.232. The molecule has 14 heavy (non-hydrogen) atoms. The van der Waals surface area contributed by atoms with E-state index in [-0.39, 0.29) is 24.3 Å². The van der Waals surface area contributed by atoms with Crippen LogP contribution in [0.1, 0.15) is 19.8 Å². The topological polar surface area (TPSA) is 73.2 Å². The van der Waals surface area contributed by atoms with E-state index < -0.39 is 0 Å². The van der Waals surface area contributed by atoms with Crippen LogP contribution in [0.3, 0.4) is 0 Å². The van der Waals surface area contributed by atoms with Gasteiger partial charge in [-0.05, 0) is 6.42 Å². The van der Waals surface area contributed by atoms with Crippen LogP contribution in [0.4, 0.5) is 0 Å². The van der Waals surface area contributed by atoms with Crippen molar-refractivity contribution >= 4 is 11.8 Å². The average Bonchev–Trinajstić information content (AvgIpc) is 2.52. The van der Waals surface area contributed by atoms with Crippen molar-refractivity contribution in [2.24, 2.45) is 0 Å². The number of hydrogen-bond donors (Lipinski definition) is 1. The Morgan fingerprint density at radius 3 is 2.93 bits per heavy atom. The Morgan fingerprint density at radius 2 is 2.36 bits per heavy atom. The molecule has 5 nitrogen and oxygen atoms in total. The fourth-order valence-electron chi connectivity index (χ4n) is 1.57. The molecule has 0 aliphatic carbocycles. The number of nitriles is 1. The van der Waals surface area contributed by atoms with E-state index in [1.54, 1.807) is 4.90 Å². The lowest BCUT2D eigenvalue weighted by Crippen LogP contribution is -2.37. The van der Waals surface area contributed by atoms with Crippen LogP contribution < -0.4 is 5.32 Å². The van der Waals surface area contributed by atoms with Crippen LogP contribution in [-0.2, 0) is 9.59 Å². The third-order valence-corrected chi connectivity index (χ3v) is 2.18. The molecule has 0 spiro atoms. The molecule has 76 valence electrons. The predicted molar refractivity (Wildman–Crippen MR) is 49.0 cm³/mol. The molecule has 1 atom stereocenters. The van der Waals surface area contributed by atoms with E-state index in [0.717, 1.165) is 6.42 Å². The standard InChI is InChI=1S/C9H13N3O2/c1-7(13)11-8-3-5-12(6-8)9(14)2-4-10/h8H,2-3,5-6H2,1H3,(H,11,13). The summed E-state index contributed by atoms with van der Waals surface area (Å²) >= 11 is 0. The molecule has 0 aromatic rings. The predicted octanol–water partition coefficient (Wildman–Crippen LogP) is -0.363. The van der Waals surface area contributed by atoms with E-state index in [4.69, 9.17) is 5.26 Å². The maximum Gasteiger partial charge on any atom is 0.236 e. The first kappa shape index (κ1) is 10.5. The molecular formula is C9H13N3O2. The second kappa shape index (κ2) is 4.61. The van der Waals surface area contributed by atoms with Gasteiger partial charge in [-0.25, -0.2) is 0 Å². The Labute approximate surface area is 82.7 Å². The van der Waals surface area contributed by atoms with Crippen LogP contribution in [0.25, 0.3) is 0 Å². The molecule has 2 amide bonds. The molecule has 0 bridgehead atoms.